The van der Waals surface area contributed by atoms with Crippen LogP contribution in [0.4, 0.5) is 5.69 Å². The second kappa shape index (κ2) is 2.83. The molecule has 0 aliphatic rings. The molecule has 0 fully saturated rings. The van der Waals surface area contributed by atoms with Crippen LogP contribution in [-0.2, 0) is 0 Å². The summed E-state index contributed by atoms with van der Waals surface area (Å²) in [6.07, 6.45) is 0. The molecule has 0 amide bonds. The molecule has 0 saturated heterocycles. The van der Waals surface area contributed by atoms with Crippen LogP contribution < -0.4 is 5.73 Å². The Bertz CT molecular complexity index is 394. The van der Waals surface area contributed by atoms with Gasteiger partial charge in [-0.15, -0.1) is 0 Å². The maximum atomic E-state index is 5.69. The quantitative estimate of drug-likeness (QED) is 0.561. The van der Waals surface area contributed by atoms with Crippen LogP contribution in [0.5, 0.6) is 0 Å². The maximum absolute atomic E-state index is 5.69. The molecular formula is C8H11N3O. The van der Waals surface area contributed by atoms with E-state index >= 15 is 0 Å². The molecule has 12 heavy (non-hydrogen) atoms. The van der Waals surface area contributed by atoms with Crippen LogP contribution in [0.2, 0.25) is 0 Å². The molecule has 1 heterocycles. The topological polar surface area (TPSA) is 86.2 Å². The summed E-state index contributed by atoms with van der Waals surface area (Å²) in [6, 6.07) is 5.73. The lowest BCUT2D eigenvalue weighted by Crippen LogP contribution is -1.84. The predicted octanol–water partition coefficient (Wildman–Crippen LogP) is 0.629. The Labute approximate surface area is 69.7 Å². The van der Waals surface area contributed by atoms with Crippen LogP contribution >= 0.6 is 0 Å². The number of H-pyrrole nitrogens is 1. The van der Waals surface area contributed by atoms with E-state index in [9.17, 15) is 0 Å². The lowest BCUT2D eigenvalue weighted by molar-refractivity contribution is 0.824. The van der Waals surface area contributed by atoms with Crippen LogP contribution in [0.15, 0.2) is 18.2 Å². The number of nitrogens with one attached hydrogen (secondary N) is 1. The number of nitrogens with zero attached hydrogens (tertiary/aromatic N) is 1. The van der Waals surface area contributed by atoms with Crippen molar-refractivity contribution in [2.75, 3.05) is 5.73 Å². The van der Waals surface area contributed by atoms with Crippen LogP contribution in [0.1, 0.15) is 5.82 Å². The Morgan fingerprint density at radius 2 is 2.17 bits per heavy atom. The van der Waals surface area contributed by atoms with E-state index in [1.54, 1.807) is 0 Å². The lowest BCUT2D eigenvalue weighted by Gasteiger charge is -1.90. The minimum atomic E-state index is 0. The molecule has 0 aliphatic carbocycles. The molecule has 64 valence electrons. The Morgan fingerprint density at radius 1 is 1.42 bits per heavy atom. The fraction of sp³-hybridized carbons (Fsp3) is 0.125. The summed E-state index contributed by atoms with van der Waals surface area (Å²) in [4.78, 5) is 7.34. The van der Waals surface area contributed by atoms with Crippen molar-refractivity contribution in [3.8, 4) is 0 Å². The smallest absolute Gasteiger partial charge is 0.111 e. The molecule has 0 spiro atoms. The van der Waals surface area contributed by atoms with E-state index in [0.29, 0.717) is 0 Å². The number of hydrogen-bond donors (Lipinski definition) is 2. The summed E-state index contributed by atoms with van der Waals surface area (Å²) in [5.41, 5.74) is 8.28. The molecule has 4 heteroatoms. The molecule has 0 bridgehead atoms. The Balaban J connectivity index is 0.000000720. The first-order valence-electron chi connectivity index (χ1n) is 3.48. The number of aromatic amines is 1. The van der Waals surface area contributed by atoms with E-state index in [1.165, 1.54) is 0 Å². The molecule has 0 atom stereocenters. The standard InChI is InChI=1S/C8H9N3.H2O/c1-5-10-7-4-2-3-6(9)8(7)11-5;/h2-4H,9H2,1H3,(H,10,11);1H2. The van der Waals surface area contributed by atoms with Gasteiger partial charge in [-0.1, -0.05) is 6.07 Å². The predicted molar refractivity (Wildman–Crippen MR) is 48.9 cm³/mol. The average molecular weight is 165 g/mol. The van der Waals surface area contributed by atoms with Gasteiger partial charge in [-0.25, -0.2) is 4.98 Å². The second-order valence-electron chi connectivity index (χ2n) is 2.57. The van der Waals surface area contributed by atoms with Gasteiger partial charge in [0.05, 0.1) is 11.2 Å². The van der Waals surface area contributed by atoms with Gasteiger partial charge in [0.15, 0.2) is 0 Å². The van der Waals surface area contributed by atoms with Crippen molar-refractivity contribution < 1.29 is 5.48 Å². The molecule has 0 aliphatic heterocycles. The fourth-order valence-corrected chi connectivity index (χ4v) is 1.18. The molecule has 0 radical (unpaired) electrons. The maximum Gasteiger partial charge on any atom is 0.111 e. The summed E-state index contributed by atoms with van der Waals surface area (Å²) in [5, 5.41) is 0. The minimum Gasteiger partial charge on any atom is -0.412 e. The van der Waals surface area contributed by atoms with Gasteiger partial charge >= 0.3 is 0 Å². The van der Waals surface area contributed by atoms with Gasteiger partial charge in [0.2, 0.25) is 0 Å². The summed E-state index contributed by atoms with van der Waals surface area (Å²) in [5.74, 6) is 0.901. The highest BCUT2D eigenvalue weighted by atomic mass is 16.0. The monoisotopic (exact) mass is 165 g/mol. The van der Waals surface area contributed by atoms with Gasteiger partial charge in [0.25, 0.3) is 0 Å². The number of aryl methyl sites for hydroxylation is 1. The Hall–Kier alpha value is -1.55. The highest BCUT2D eigenvalue weighted by Crippen LogP contribution is 2.17. The largest absolute Gasteiger partial charge is 0.412 e. The van der Waals surface area contributed by atoms with Crippen LogP contribution in [0, 0.1) is 6.92 Å². The summed E-state index contributed by atoms with van der Waals surface area (Å²) in [7, 11) is 0. The van der Waals surface area contributed by atoms with Crippen molar-refractivity contribution in [1.82, 2.24) is 9.97 Å². The van der Waals surface area contributed by atoms with Crippen LogP contribution in [0.3, 0.4) is 0 Å². The first kappa shape index (κ1) is 8.55. The van der Waals surface area contributed by atoms with Crippen molar-refractivity contribution in [2.45, 2.75) is 6.92 Å². The Morgan fingerprint density at radius 3 is 2.83 bits per heavy atom. The number of aromatic nitrogens is 2. The summed E-state index contributed by atoms with van der Waals surface area (Å²) < 4.78 is 0. The van der Waals surface area contributed by atoms with Gasteiger partial charge in [0, 0.05) is 0 Å². The molecular weight excluding hydrogens is 154 g/mol. The number of hydrogen-bond acceptors (Lipinski definition) is 2. The van der Waals surface area contributed by atoms with Gasteiger partial charge in [-0.2, -0.15) is 0 Å². The van der Waals surface area contributed by atoms with Crippen molar-refractivity contribution >= 4 is 16.7 Å². The first-order valence-corrected chi connectivity index (χ1v) is 3.48. The number of para-hydroxylation sites is 1. The fourth-order valence-electron chi connectivity index (χ4n) is 1.18. The lowest BCUT2D eigenvalue weighted by atomic mass is 10.3. The first-order chi connectivity index (χ1) is 5.27. The van der Waals surface area contributed by atoms with E-state index in [-0.39, 0.29) is 5.48 Å². The SMILES string of the molecule is Cc1nc2c(N)cccc2[nH]1.O. The number of benzene rings is 1. The van der Waals surface area contributed by atoms with Gasteiger partial charge in [-0.3, -0.25) is 0 Å². The third-order valence-electron chi connectivity index (χ3n) is 1.66. The van der Waals surface area contributed by atoms with Gasteiger partial charge in [-0.05, 0) is 19.1 Å². The second-order valence-corrected chi connectivity index (χ2v) is 2.57. The number of nitrogens with two attached hydrogens (primary N) is 1. The molecule has 0 unspecified atom stereocenters. The molecule has 0 saturated carbocycles. The number of nitrogen functional groups attached to an aromatic ring is 1. The Kier molecular flexibility index (Phi) is 2.01. The van der Waals surface area contributed by atoms with Crippen LogP contribution in [0.25, 0.3) is 11.0 Å². The number of imidazole rings is 1. The molecule has 4 nitrogen and oxygen atoms in total. The summed E-state index contributed by atoms with van der Waals surface area (Å²) in [6.45, 7) is 1.92. The number of fused-ring (bicyclic) bond motifs is 1. The van der Waals surface area contributed by atoms with Crippen molar-refractivity contribution in [2.24, 2.45) is 0 Å². The molecule has 2 aromatic rings. The third kappa shape index (κ3) is 1.12. The van der Waals surface area contributed by atoms with Gasteiger partial charge in [0.1, 0.15) is 11.3 Å². The zero-order valence-corrected chi connectivity index (χ0v) is 6.76. The average Bonchev–Trinajstić information content (AvgIpc) is 2.31. The van der Waals surface area contributed by atoms with Crippen molar-refractivity contribution in [1.29, 1.82) is 0 Å². The summed E-state index contributed by atoms with van der Waals surface area (Å²) >= 11 is 0. The van der Waals surface area contributed by atoms with Gasteiger partial charge < -0.3 is 16.2 Å². The number of rotatable bonds is 0. The highest BCUT2D eigenvalue weighted by molar-refractivity contribution is 5.86. The van der Waals surface area contributed by atoms with E-state index in [0.717, 1.165) is 22.5 Å². The van der Waals surface area contributed by atoms with E-state index < -0.39 is 0 Å². The zero-order chi connectivity index (χ0) is 7.84. The molecule has 5 N–H and O–H groups in total. The molecule has 2 rings (SSSR count). The van der Waals surface area contributed by atoms with Crippen molar-refractivity contribution in [3.05, 3.63) is 24.0 Å². The third-order valence-corrected chi connectivity index (χ3v) is 1.66. The number of anilines is 1. The van der Waals surface area contributed by atoms with E-state index in [1.807, 2.05) is 25.1 Å². The zero-order valence-electron chi connectivity index (χ0n) is 6.76. The van der Waals surface area contributed by atoms with E-state index in [2.05, 4.69) is 9.97 Å². The molecule has 1 aromatic carbocycles. The minimum absolute atomic E-state index is 0. The normalized spacial score (nSPS) is 9.75. The molecule has 1 aromatic heterocycles. The van der Waals surface area contributed by atoms with E-state index in [4.69, 9.17) is 5.73 Å². The highest BCUT2D eigenvalue weighted by Gasteiger charge is 2.00. The van der Waals surface area contributed by atoms with Crippen LogP contribution in [-0.4, -0.2) is 15.4 Å². The van der Waals surface area contributed by atoms with Crippen molar-refractivity contribution in [3.63, 3.8) is 0 Å².